The molecule has 2 heterocycles. The lowest BCUT2D eigenvalue weighted by Crippen LogP contribution is -2.44. The maximum absolute atomic E-state index is 5.51. The number of hydrogen-bond donors (Lipinski definition) is 0. The second-order valence-corrected chi connectivity index (χ2v) is 6.01. The molecule has 2 aliphatic rings. The van der Waals surface area contributed by atoms with E-state index in [-0.39, 0.29) is 24.4 Å². The summed E-state index contributed by atoms with van der Waals surface area (Å²) in [6.07, 6.45) is -0.995. The molecule has 18 heavy (non-hydrogen) atoms. The molecule has 2 fully saturated rings. The lowest BCUT2D eigenvalue weighted by atomic mass is 9.98. The first kappa shape index (κ1) is 14.2. The van der Waals surface area contributed by atoms with E-state index in [1.165, 1.54) is 0 Å². The summed E-state index contributed by atoms with van der Waals surface area (Å²) in [6.45, 7) is 11.3. The van der Waals surface area contributed by atoms with Gasteiger partial charge < -0.3 is 0 Å². The summed E-state index contributed by atoms with van der Waals surface area (Å²) >= 11 is 0. The predicted octanol–water partition coefficient (Wildman–Crippen LogP) is 1.93. The van der Waals surface area contributed by atoms with Crippen LogP contribution in [0.5, 0.6) is 0 Å². The third-order valence-corrected chi connectivity index (χ3v) is 3.32. The summed E-state index contributed by atoms with van der Waals surface area (Å²) in [5.41, 5.74) is -1.10. The van der Waals surface area contributed by atoms with Gasteiger partial charge in [-0.05, 0) is 41.5 Å². The molecular formula is C12H22O6. The highest BCUT2D eigenvalue weighted by atomic mass is 17.3. The molecule has 2 aliphatic heterocycles. The van der Waals surface area contributed by atoms with Gasteiger partial charge in [-0.3, -0.25) is 0 Å². The van der Waals surface area contributed by atoms with Crippen molar-refractivity contribution in [3.8, 4) is 0 Å². The van der Waals surface area contributed by atoms with Gasteiger partial charge in [0.2, 0.25) is 0 Å². The molecule has 4 unspecified atom stereocenters. The van der Waals surface area contributed by atoms with E-state index < -0.39 is 11.2 Å². The van der Waals surface area contributed by atoms with Crippen LogP contribution in [0.3, 0.4) is 0 Å². The van der Waals surface area contributed by atoms with Crippen LogP contribution in [0.1, 0.15) is 41.5 Å². The van der Waals surface area contributed by atoms with Crippen molar-refractivity contribution in [1.82, 2.24) is 0 Å². The molecule has 106 valence electrons. The molecule has 0 aromatic heterocycles. The van der Waals surface area contributed by atoms with Crippen molar-refractivity contribution in [1.29, 1.82) is 0 Å². The van der Waals surface area contributed by atoms with Crippen molar-refractivity contribution in [2.75, 3.05) is 0 Å². The largest absolute Gasteiger partial charge is 0.230 e. The minimum Gasteiger partial charge on any atom is -0.230 e. The van der Waals surface area contributed by atoms with Gasteiger partial charge in [-0.2, -0.15) is 0 Å². The van der Waals surface area contributed by atoms with Crippen molar-refractivity contribution >= 4 is 0 Å². The Hall–Kier alpha value is -0.240. The summed E-state index contributed by atoms with van der Waals surface area (Å²) in [5.74, 6) is 0. The van der Waals surface area contributed by atoms with Gasteiger partial charge in [-0.15, -0.1) is 0 Å². The van der Waals surface area contributed by atoms with Crippen LogP contribution in [0.4, 0.5) is 0 Å². The average molecular weight is 262 g/mol. The van der Waals surface area contributed by atoms with Gasteiger partial charge in [0.25, 0.3) is 0 Å². The maximum Gasteiger partial charge on any atom is 0.153 e. The van der Waals surface area contributed by atoms with Crippen LogP contribution in [-0.4, -0.2) is 35.6 Å². The lowest BCUT2D eigenvalue weighted by molar-refractivity contribution is -0.377. The van der Waals surface area contributed by atoms with Crippen LogP contribution in [0.2, 0.25) is 0 Å². The first-order valence-electron chi connectivity index (χ1n) is 6.25. The highest BCUT2D eigenvalue weighted by Gasteiger charge is 2.49. The van der Waals surface area contributed by atoms with Gasteiger partial charge in [0.1, 0.15) is 23.4 Å². The first-order chi connectivity index (χ1) is 8.24. The van der Waals surface area contributed by atoms with E-state index >= 15 is 0 Å². The zero-order valence-electron chi connectivity index (χ0n) is 11.8. The summed E-state index contributed by atoms with van der Waals surface area (Å²) in [4.78, 5) is 31.6. The molecule has 0 aromatic carbocycles. The molecule has 0 N–H and O–H groups in total. The Morgan fingerprint density at radius 2 is 1.06 bits per heavy atom. The summed E-state index contributed by atoms with van der Waals surface area (Å²) in [6, 6.07) is 0. The predicted molar refractivity (Wildman–Crippen MR) is 61.2 cm³/mol. The maximum atomic E-state index is 5.51. The van der Waals surface area contributed by atoms with Gasteiger partial charge in [-0.1, -0.05) is 0 Å². The highest BCUT2D eigenvalue weighted by molar-refractivity contribution is 4.89. The van der Waals surface area contributed by atoms with Crippen molar-refractivity contribution in [2.24, 2.45) is 0 Å². The lowest BCUT2D eigenvalue weighted by Gasteiger charge is -2.28. The quantitative estimate of drug-likeness (QED) is 0.572. The van der Waals surface area contributed by atoms with Crippen LogP contribution in [-0.2, 0) is 29.3 Å². The molecule has 4 atom stereocenters. The molecule has 6 nitrogen and oxygen atoms in total. The number of hydrogen-bond acceptors (Lipinski definition) is 6. The molecule has 0 aromatic rings. The molecule has 2 saturated heterocycles. The van der Waals surface area contributed by atoms with E-state index in [4.69, 9.17) is 29.3 Å². The second-order valence-electron chi connectivity index (χ2n) is 6.01. The topological polar surface area (TPSA) is 55.4 Å². The molecule has 6 heteroatoms. The Bertz CT molecular complexity index is 273. The fourth-order valence-corrected chi connectivity index (χ4v) is 2.23. The smallest absolute Gasteiger partial charge is 0.153 e. The van der Waals surface area contributed by atoms with Crippen molar-refractivity contribution in [2.45, 2.75) is 77.2 Å². The highest BCUT2D eigenvalue weighted by Crippen LogP contribution is 2.34. The minimum atomic E-state index is -0.548. The third kappa shape index (κ3) is 2.54. The fourth-order valence-electron chi connectivity index (χ4n) is 2.23. The Morgan fingerprint density at radius 1 is 0.722 bits per heavy atom. The summed E-state index contributed by atoms with van der Waals surface area (Å²) < 4.78 is 0. The molecule has 0 spiro atoms. The van der Waals surface area contributed by atoms with E-state index in [1.807, 2.05) is 41.5 Å². The number of rotatable bonds is 3. The van der Waals surface area contributed by atoms with E-state index in [0.29, 0.717) is 0 Å². The Kier molecular flexibility index (Phi) is 3.70. The van der Waals surface area contributed by atoms with E-state index in [1.54, 1.807) is 0 Å². The van der Waals surface area contributed by atoms with Crippen LogP contribution >= 0.6 is 0 Å². The van der Waals surface area contributed by atoms with Crippen molar-refractivity contribution in [3.63, 3.8) is 0 Å². The molecule has 0 amide bonds. The normalized spacial score (nSPS) is 42.3. The average Bonchev–Trinajstić information content (AvgIpc) is 2.66. The monoisotopic (exact) mass is 262 g/mol. The zero-order chi connectivity index (χ0) is 13.6. The van der Waals surface area contributed by atoms with E-state index in [0.717, 1.165) is 0 Å². The molecular weight excluding hydrogens is 240 g/mol. The molecule has 0 saturated carbocycles. The SMILES string of the molecule is CC1OOC(C)(C)C1OOC1C(C)OOC1(C)C. The fraction of sp³-hybridized carbons (Fsp3) is 1.00. The zero-order valence-corrected chi connectivity index (χ0v) is 11.8. The molecule has 2 rings (SSSR count). The van der Waals surface area contributed by atoms with Crippen LogP contribution in [0.15, 0.2) is 0 Å². The van der Waals surface area contributed by atoms with Crippen molar-refractivity contribution in [3.05, 3.63) is 0 Å². The van der Waals surface area contributed by atoms with Crippen LogP contribution in [0, 0.1) is 0 Å². The Morgan fingerprint density at radius 3 is 1.28 bits per heavy atom. The standard InChI is InChI=1S/C12H22O6/c1-7-9(11(3,4)17-13-7)15-16-10-8(2)14-18-12(10,5)6/h7-10H,1-6H3. The minimum absolute atomic E-state index is 0.193. The van der Waals surface area contributed by atoms with Gasteiger partial charge in [0, 0.05) is 0 Å². The Balaban J connectivity index is 1.95. The van der Waals surface area contributed by atoms with Crippen LogP contribution in [0.25, 0.3) is 0 Å². The summed E-state index contributed by atoms with van der Waals surface area (Å²) in [5, 5.41) is 0. The molecule has 0 bridgehead atoms. The van der Waals surface area contributed by atoms with Crippen molar-refractivity contribution < 1.29 is 29.3 Å². The van der Waals surface area contributed by atoms with Crippen LogP contribution < -0.4 is 0 Å². The third-order valence-electron chi connectivity index (χ3n) is 3.32. The van der Waals surface area contributed by atoms with Gasteiger partial charge >= 0.3 is 0 Å². The van der Waals surface area contributed by atoms with E-state index in [9.17, 15) is 0 Å². The van der Waals surface area contributed by atoms with E-state index in [2.05, 4.69) is 0 Å². The molecule has 0 radical (unpaired) electrons. The second kappa shape index (κ2) is 4.70. The summed E-state index contributed by atoms with van der Waals surface area (Å²) in [7, 11) is 0. The van der Waals surface area contributed by atoms with Gasteiger partial charge in [0.15, 0.2) is 12.2 Å². The molecule has 0 aliphatic carbocycles. The Labute approximate surface area is 107 Å². The van der Waals surface area contributed by atoms with Gasteiger partial charge in [-0.25, -0.2) is 29.3 Å². The first-order valence-corrected chi connectivity index (χ1v) is 6.25. The van der Waals surface area contributed by atoms with Gasteiger partial charge in [0.05, 0.1) is 0 Å².